The van der Waals surface area contributed by atoms with Crippen molar-refractivity contribution >= 4 is 47.1 Å². The molecule has 20 N–H and O–H groups in total. The Balaban J connectivity index is 2.97. The van der Waals surface area contributed by atoms with Gasteiger partial charge in [-0.1, -0.05) is 66.2 Å². The van der Waals surface area contributed by atoms with Gasteiger partial charge in [0.15, 0.2) is 18.9 Å². The number of Topliss-reactive ketones (excluding diaryl/α,β-unsaturated/α-hetero) is 1. The number of aliphatic hydroxyl groups excluding tert-OH is 13. The molecule has 0 aromatic heterocycles. The molecular formula is C73H137N7O29. The molecule has 7 amide bonds. The second-order valence-corrected chi connectivity index (χ2v) is 28.8. The van der Waals surface area contributed by atoms with Crippen LogP contribution in [0.2, 0.25) is 0 Å². The Morgan fingerprint density at radius 3 is 1.21 bits per heavy atom. The van der Waals surface area contributed by atoms with Gasteiger partial charge < -0.3 is 141 Å². The summed E-state index contributed by atoms with van der Waals surface area (Å²) in [5.41, 5.74) is -1.76. The van der Waals surface area contributed by atoms with E-state index in [-0.39, 0.29) is 196 Å². The van der Waals surface area contributed by atoms with Crippen molar-refractivity contribution in [3.05, 3.63) is 0 Å². The van der Waals surface area contributed by atoms with Crippen molar-refractivity contribution in [3.8, 4) is 0 Å². The molecule has 1 saturated heterocycles. The van der Waals surface area contributed by atoms with Crippen LogP contribution in [-0.2, 0) is 76.3 Å². The fraction of sp³-hybridized carbons (Fsp3) is 0.890. The monoisotopic (exact) mass is 1580 g/mol. The summed E-state index contributed by atoms with van der Waals surface area (Å²) in [6, 6.07) is 0. The van der Waals surface area contributed by atoms with Crippen molar-refractivity contribution in [3.63, 3.8) is 0 Å². The molecule has 36 nitrogen and oxygen atoms in total. The number of rotatable bonds is 69. The third kappa shape index (κ3) is 48.7. The summed E-state index contributed by atoms with van der Waals surface area (Å²) >= 11 is 0. The first-order chi connectivity index (χ1) is 51.9. The van der Waals surface area contributed by atoms with Crippen LogP contribution in [0.15, 0.2) is 0 Å². The first-order valence-corrected chi connectivity index (χ1v) is 38.9. The van der Waals surface area contributed by atoms with Gasteiger partial charge in [-0.15, -0.1) is 0 Å². The molecule has 0 spiro atoms. The van der Waals surface area contributed by atoms with Gasteiger partial charge in [0.05, 0.1) is 71.7 Å². The maximum Gasteiger partial charge on any atom is 0.222 e. The van der Waals surface area contributed by atoms with Crippen LogP contribution in [0.3, 0.4) is 0 Å². The quantitative estimate of drug-likeness (QED) is 0.0217. The molecule has 0 aromatic carbocycles. The van der Waals surface area contributed by atoms with E-state index in [1.807, 2.05) is 20.8 Å². The van der Waals surface area contributed by atoms with E-state index < -0.39 is 118 Å². The third-order valence-corrected chi connectivity index (χ3v) is 17.8. The second-order valence-electron chi connectivity index (χ2n) is 28.8. The Morgan fingerprint density at radius 1 is 0.413 bits per heavy atom. The average Bonchev–Trinajstić information content (AvgIpc) is 0.828. The predicted molar refractivity (Wildman–Crippen MR) is 394 cm³/mol. The number of carbonyl (C=O) groups excluding carboxylic acids is 8. The molecule has 0 bridgehead atoms. The largest absolute Gasteiger partial charge is 0.396 e. The van der Waals surface area contributed by atoms with E-state index in [9.17, 15) is 105 Å². The number of nitrogens with one attached hydrogen (secondary N) is 7. The number of hydrogen-bond acceptors (Lipinski definition) is 29. The molecule has 638 valence electrons. The predicted octanol–water partition coefficient (Wildman–Crippen LogP) is -2.73. The molecule has 15 atom stereocenters. The number of unbranched alkanes of at least 4 members (excludes halogenated alkanes) is 10. The number of carbonyl (C=O) groups is 8. The highest BCUT2D eigenvalue weighted by Crippen LogP contribution is 2.24. The van der Waals surface area contributed by atoms with E-state index >= 15 is 0 Å². The number of amides is 7. The third-order valence-electron chi connectivity index (χ3n) is 17.8. The van der Waals surface area contributed by atoms with Gasteiger partial charge in [-0.3, -0.25) is 38.4 Å². The van der Waals surface area contributed by atoms with E-state index in [1.165, 1.54) is 13.8 Å². The normalized spacial score (nSPS) is 19.0. The topological polar surface area (TPSA) is 558 Å². The van der Waals surface area contributed by atoms with Crippen LogP contribution in [0.5, 0.6) is 0 Å². The smallest absolute Gasteiger partial charge is 0.222 e. The highest BCUT2D eigenvalue weighted by Gasteiger charge is 2.44. The minimum absolute atomic E-state index is 0.0505. The average molecular weight is 1580 g/mol. The lowest BCUT2D eigenvalue weighted by Gasteiger charge is -2.39. The fourth-order valence-electron chi connectivity index (χ4n) is 10.8. The lowest BCUT2D eigenvalue weighted by molar-refractivity contribution is -0.301. The molecule has 1 aliphatic rings. The summed E-state index contributed by atoms with van der Waals surface area (Å²) in [5.74, 6) is -2.73. The van der Waals surface area contributed by atoms with E-state index in [0.717, 1.165) is 44.9 Å². The van der Waals surface area contributed by atoms with E-state index in [2.05, 4.69) is 37.2 Å². The van der Waals surface area contributed by atoms with Crippen LogP contribution in [0.1, 0.15) is 195 Å². The Bertz CT molecular complexity index is 2440. The van der Waals surface area contributed by atoms with Crippen molar-refractivity contribution in [1.29, 1.82) is 0 Å². The van der Waals surface area contributed by atoms with Gasteiger partial charge in [-0.25, -0.2) is 0 Å². The molecular weight excluding hydrogens is 1440 g/mol. The molecule has 0 aromatic rings. The molecule has 109 heavy (non-hydrogen) atoms. The SMILES string of the molecule is CC(CO)C(O)C(O)C(O)C(O)OCCCCC(=O)NCCCNC(=O)CCOCC(COCCC(=O)NCCCNC(=O)CCCCOC1OC(CO)C(O)C(O)C1O)(COCCC(=O)NCCCNC(=O)CCCCOC(OC(CO)[C@H](C)O)[C@H](O)CO)NC(=O)CCCCCCCCCCC(=O)C(C)(C)C. The Morgan fingerprint density at radius 2 is 0.807 bits per heavy atom. The summed E-state index contributed by atoms with van der Waals surface area (Å²) in [5, 5.41) is 147. The Kier molecular flexibility index (Phi) is 57.7. The van der Waals surface area contributed by atoms with Crippen LogP contribution in [-0.4, -0.2) is 324 Å². The number of ether oxygens (including phenoxy) is 8. The van der Waals surface area contributed by atoms with Crippen LogP contribution in [0.4, 0.5) is 0 Å². The van der Waals surface area contributed by atoms with Crippen LogP contribution >= 0.6 is 0 Å². The minimum atomic E-state index is -1.84. The second kappa shape index (κ2) is 61.6. The zero-order valence-corrected chi connectivity index (χ0v) is 65.0. The van der Waals surface area contributed by atoms with E-state index in [0.29, 0.717) is 70.6 Å². The molecule has 13 unspecified atom stereocenters. The fourth-order valence-corrected chi connectivity index (χ4v) is 10.8. The van der Waals surface area contributed by atoms with Gasteiger partial charge in [0.25, 0.3) is 0 Å². The van der Waals surface area contributed by atoms with E-state index in [1.54, 1.807) is 0 Å². The van der Waals surface area contributed by atoms with Gasteiger partial charge in [0, 0.05) is 128 Å². The maximum absolute atomic E-state index is 13.9. The minimum Gasteiger partial charge on any atom is -0.396 e. The summed E-state index contributed by atoms with van der Waals surface area (Å²) in [4.78, 5) is 103. The highest BCUT2D eigenvalue weighted by molar-refractivity contribution is 5.83. The van der Waals surface area contributed by atoms with Crippen LogP contribution in [0, 0.1) is 11.3 Å². The van der Waals surface area contributed by atoms with Gasteiger partial charge in [0.1, 0.15) is 60.2 Å². The van der Waals surface area contributed by atoms with Crippen LogP contribution < -0.4 is 37.2 Å². The number of hydrogen-bond donors (Lipinski definition) is 20. The van der Waals surface area contributed by atoms with Crippen molar-refractivity contribution in [2.75, 3.05) is 125 Å². The zero-order chi connectivity index (χ0) is 81.4. The number of aliphatic hydroxyl groups is 13. The summed E-state index contributed by atoms with van der Waals surface area (Å²) in [6.45, 7) is 6.75. The molecule has 0 radical (unpaired) electrons. The molecule has 1 heterocycles. The lowest BCUT2D eigenvalue weighted by atomic mass is 9.88. The molecule has 36 heteroatoms. The molecule has 0 aliphatic carbocycles. The molecule has 1 aliphatic heterocycles. The lowest BCUT2D eigenvalue weighted by Crippen LogP contribution is -2.59. The van der Waals surface area contributed by atoms with Gasteiger partial charge in [-0.2, -0.15) is 0 Å². The molecule has 1 fully saturated rings. The zero-order valence-electron chi connectivity index (χ0n) is 65.0. The molecule has 0 saturated carbocycles. The maximum atomic E-state index is 13.9. The summed E-state index contributed by atoms with van der Waals surface area (Å²) in [6.07, 6.45) is -7.57. The van der Waals surface area contributed by atoms with Crippen molar-refractivity contribution in [2.24, 2.45) is 11.3 Å². The Hall–Kier alpha value is -4.88. The first kappa shape index (κ1) is 102. The first-order valence-electron chi connectivity index (χ1n) is 38.9. The van der Waals surface area contributed by atoms with Crippen molar-refractivity contribution in [2.45, 2.75) is 281 Å². The van der Waals surface area contributed by atoms with Crippen molar-refractivity contribution < 1.29 is 143 Å². The standard InChI is InChI=1S/C73H137N7O29/c1-50(43-81)63(95)65(97)67(99)69(101)105-37-17-14-24-56(88)74-31-20-34-77-59(91)28-40-102-47-73(80-62(94)27-13-11-9-7-6-8-10-12-23-55(87)72(3,4)5,48-103-41-29-60(92)78-35-21-32-75-57(89)25-15-18-38-106-70(52(86)44-82)108-53(45-83)51(2)85)49-104-42-30-61(93)79-36-22-33-76-58(90)26-16-19-39-107-71-68(100)66(98)64(96)54(46-84)109-71/h50-54,63-71,81-86,95-101H,6-49H2,1-5H3,(H,74,88)(H,75,89)(H,76,90)(H,77,91)(H,78,92)(H,79,93)(H,80,94)/t50?,51-,52+,53?,54?,63?,64?,65?,66?,67?,68?,69?,70?,71?,73?/m0/s1. The summed E-state index contributed by atoms with van der Waals surface area (Å²) < 4.78 is 45.1. The van der Waals surface area contributed by atoms with Gasteiger partial charge >= 0.3 is 0 Å². The van der Waals surface area contributed by atoms with Gasteiger partial charge in [-0.05, 0) is 77.6 Å². The highest BCUT2D eigenvalue weighted by atomic mass is 16.7. The van der Waals surface area contributed by atoms with E-state index in [4.69, 9.17) is 37.9 Å². The van der Waals surface area contributed by atoms with Gasteiger partial charge in [0.2, 0.25) is 41.4 Å². The van der Waals surface area contributed by atoms with Crippen molar-refractivity contribution in [1.82, 2.24) is 37.2 Å². The molecule has 1 rings (SSSR count). The Labute approximate surface area is 641 Å². The summed E-state index contributed by atoms with van der Waals surface area (Å²) in [7, 11) is 0. The van der Waals surface area contributed by atoms with Crippen LogP contribution in [0.25, 0.3) is 0 Å². The number of ketones is 1.